The highest BCUT2D eigenvalue weighted by atomic mass is 16.3. The van der Waals surface area contributed by atoms with Gasteiger partial charge in [-0.3, -0.25) is 0 Å². The van der Waals surface area contributed by atoms with Crippen LogP contribution in [0.1, 0.15) is 122 Å². The van der Waals surface area contributed by atoms with Gasteiger partial charge in [-0.1, -0.05) is 117 Å². The van der Waals surface area contributed by atoms with Crippen molar-refractivity contribution in [1.82, 2.24) is 0 Å². The summed E-state index contributed by atoms with van der Waals surface area (Å²) in [5.74, 6) is 2.90. The van der Waals surface area contributed by atoms with Crippen molar-refractivity contribution in [3.8, 4) is 33.4 Å². The van der Waals surface area contributed by atoms with Crippen LogP contribution < -0.4 is 4.90 Å². The molecule has 1 heterocycles. The van der Waals surface area contributed by atoms with E-state index in [-0.39, 0.29) is 5.41 Å². The van der Waals surface area contributed by atoms with Crippen LogP contribution in [0.2, 0.25) is 0 Å². The van der Waals surface area contributed by atoms with Gasteiger partial charge in [-0.2, -0.15) is 0 Å². The maximum Gasteiger partial charge on any atom is 0.145 e. The average Bonchev–Trinajstić information content (AvgIpc) is 3.80. The molecule has 0 amide bonds. The van der Waals surface area contributed by atoms with E-state index in [0.29, 0.717) is 11.8 Å². The van der Waals surface area contributed by atoms with Crippen LogP contribution in [0.3, 0.4) is 0 Å². The van der Waals surface area contributed by atoms with Crippen molar-refractivity contribution >= 4 is 39.0 Å². The fourth-order valence-electron chi connectivity index (χ4n) is 12.9. The van der Waals surface area contributed by atoms with Crippen molar-refractivity contribution in [2.75, 3.05) is 4.90 Å². The maximum atomic E-state index is 6.99. The molecule has 0 saturated heterocycles. The number of hydrogen-bond donors (Lipinski definition) is 0. The second-order valence-electron chi connectivity index (χ2n) is 18.9. The molecule has 0 unspecified atom stereocenters. The van der Waals surface area contributed by atoms with E-state index in [2.05, 4.69) is 158 Å². The van der Waals surface area contributed by atoms with Gasteiger partial charge >= 0.3 is 0 Å². The number of para-hydroxylation sites is 1. The van der Waals surface area contributed by atoms with Gasteiger partial charge in [0, 0.05) is 27.7 Å². The molecule has 0 aliphatic heterocycles. The summed E-state index contributed by atoms with van der Waals surface area (Å²) < 4.78 is 6.99. The normalized spacial score (nSPS) is 21.7. The molecule has 7 aliphatic rings. The Morgan fingerprint density at radius 1 is 0.492 bits per heavy atom. The van der Waals surface area contributed by atoms with Crippen molar-refractivity contribution in [2.45, 2.75) is 94.3 Å². The summed E-state index contributed by atoms with van der Waals surface area (Å²) in [7, 11) is 0. The highest BCUT2D eigenvalue weighted by Gasteiger charge is 2.43. The first-order chi connectivity index (χ1) is 29.0. The molecule has 4 bridgehead atoms. The predicted octanol–water partition coefficient (Wildman–Crippen LogP) is 16.2. The third kappa shape index (κ3) is 4.87. The number of benzene rings is 7. The van der Waals surface area contributed by atoms with Gasteiger partial charge in [0.25, 0.3) is 0 Å². The lowest BCUT2D eigenvalue weighted by molar-refractivity contribution is 0.342. The monoisotopic (exact) mass is 763 g/mol. The first kappa shape index (κ1) is 34.0. The van der Waals surface area contributed by atoms with Crippen molar-refractivity contribution in [3.63, 3.8) is 0 Å². The van der Waals surface area contributed by atoms with E-state index in [4.69, 9.17) is 4.42 Å². The molecule has 8 aromatic rings. The Balaban J connectivity index is 1.04. The van der Waals surface area contributed by atoms with Crippen LogP contribution in [-0.4, -0.2) is 0 Å². The zero-order chi connectivity index (χ0) is 39.0. The predicted molar refractivity (Wildman–Crippen MR) is 245 cm³/mol. The lowest BCUT2D eigenvalue weighted by atomic mass is 9.59. The largest absolute Gasteiger partial charge is 0.455 e. The zero-order valence-electron chi connectivity index (χ0n) is 34.1. The molecule has 2 heteroatoms. The average molecular weight is 764 g/mol. The molecule has 0 spiro atoms. The molecule has 288 valence electrons. The molecular weight excluding hydrogens is 715 g/mol. The van der Waals surface area contributed by atoms with Crippen LogP contribution in [0.25, 0.3) is 55.3 Å². The number of hydrogen-bond acceptors (Lipinski definition) is 2. The lowest BCUT2D eigenvalue weighted by Gasteiger charge is -2.46. The minimum Gasteiger partial charge on any atom is -0.455 e. The maximum absolute atomic E-state index is 6.99. The Labute approximate surface area is 347 Å². The van der Waals surface area contributed by atoms with Crippen LogP contribution in [0, 0.1) is 0 Å². The Morgan fingerprint density at radius 2 is 1.03 bits per heavy atom. The standard InChI is InChI=1S/C57H49NO/c1-57(2)47-14-8-6-12-43(47)54-48(57)33-49(55-44-13-7-9-15-50(44)59-56(54)55)58(41-28-24-35(25-29-41)34-10-4-3-5-11-34)42-30-26-40(27-31-42)53-51-38-20-16-36(17-21-38)45(51)32-46-37-18-22-39(23-19-37)52(46)53/h3-15,24-33,36-39H,16-23H2,1-2H3. The first-order valence-electron chi connectivity index (χ1n) is 22.4. The minimum atomic E-state index is -0.190. The van der Waals surface area contributed by atoms with Crippen molar-refractivity contribution in [1.29, 1.82) is 0 Å². The Kier molecular flexibility index (Phi) is 7.26. The third-order valence-corrected chi connectivity index (χ3v) is 15.7. The molecular formula is C57H49NO. The SMILES string of the molecule is CC1(C)c2ccccc2-c2c1cc(N(c1ccc(-c3ccccc3)cc1)c1ccc(-c3c4c(cc5c3C3CCC5CC3)C3CCC4CC3)cc1)c1c2oc2ccccc21. The van der Waals surface area contributed by atoms with Crippen LogP contribution in [-0.2, 0) is 5.41 Å². The van der Waals surface area contributed by atoms with Gasteiger partial charge in [0.2, 0.25) is 0 Å². The quantitative estimate of drug-likeness (QED) is 0.174. The second kappa shape index (κ2) is 12.6. The number of rotatable bonds is 5. The smallest absolute Gasteiger partial charge is 0.145 e. The highest BCUT2D eigenvalue weighted by Crippen LogP contribution is 2.61. The van der Waals surface area contributed by atoms with E-state index in [1.165, 1.54) is 101 Å². The number of nitrogens with zero attached hydrogens (tertiary/aromatic N) is 1. The zero-order valence-corrected chi connectivity index (χ0v) is 34.1. The molecule has 15 rings (SSSR count). The number of fused-ring (bicyclic) bond motifs is 11. The summed E-state index contributed by atoms with van der Waals surface area (Å²) in [5, 5.41) is 2.32. The van der Waals surface area contributed by atoms with Gasteiger partial charge in [0.1, 0.15) is 11.2 Å². The molecule has 0 radical (unpaired) electrons. The Bertz CT molecular complexity index is 2920. The summed E-state index contributed by atoms with van der Waals surface area (Å²) >= 11 is 0. The van der Waals surface area contributed by atoms with Gasteiger partial charge in [-0.15, -0.1) is 0 Å². The van der Waals surface area contributed by atoms with Crippen molar-refractivity contribution in [2.24, 2.45) is 0 Å². The molecule has 59 heavy (non-hydrogen) atoms. The Morgan fingerprint density at radius 3 is 1.69 bits per heavy atom. The molecule has 2 fully saturated rings. The van der Waals surface area contributed by atoms with E-state index >= 15 is 0 Å². The van der Waals surface area contributed by atoms with E-state index < -0.39 is 0 Å². The van der Waals surface area contributed by atoms with E-state index in [1.54, 1.807) is 27.8 Å². The van der Waals surface area contributed by atoms with Crippen molar-refractivity contribution < 1.29 is 4.42 Å². The van der Waals surface area contributed by atoms with Gasteiger partial charge in [0.05, 0.1) is 11.1 Å². The molecule has 7 aromatic carbocycles. The molecule has 2 nitrogen and oxygen atoms in total. The van der Waals surface area contributed by atoms with Crippen molar-refractivity contribution in [3.05, 3.63) is 173 Å². The molecule has 0 atom stereocenters. The summed E-state index contributed by atoms with van der Waals surface area (Å²) in [4.78, 5) is 2.52. The van der Waals surface area contributed by atoms with E-state index in [9.17, 15) is 0 Å². The van der Waals surface area contributed by atoms with Crippen LogP contribution in [0.4, 0.5) is 17.1 Å². The summed E-state index contributed by atoms with van der Waals surface area (Å²) in [6.45, 7) is 4.76. The van der Waals surface area contributed by atoms with E-state index in [0.717, 1.165) is 39.8 Å². The highest BCUT2D eigenvalue weighted by molar-refractivity contribution is 6.19. The van der Waals surface area contributed by atoms with Crippen LogP contribution >= 0.6 is 0 Å². The fraction of sp³-hybridized carbons (Fsp3) is 0.263. The first-order valence-corrected chi connectivity index (χ1v) is 22.4. The molecule has 0 N–H and O–H groups in total. The second-order valence-corrected chi connectivity index (χ2v) is 18.9. The topological polar surface area (TPSA) is 16.4 Å². The lowest BCUT2D eigenvalue weighted by Crippen LogP contribution is -2.28. The van der Waals surface area contributed by atoms with Crippen LogP contribution in [0.5, 0.6) is 0 Å². The summed E-state index contributed by atoms with van der Waals surface area (Å²) in [6, 6.07) is 52.6. The Hall–Kier alpha value is -5.86. The van der Waals surface area contributed by atoms with Gasteiger partial charge in [-0.05, 0) is 173 Å². The van der Waals surface area contributed by atoms with Gasteiger partial charge in [-0.25, -0.2) is 0 Å². The molecule has 1 aromatic heterocycles. The number of furan rings is 1. The molecule has 7 aliphatic carbocycles. The fourth-order valence-corrected chi connectivity index (χ4v) is 12.9. The van der Waals surface area contributed by atoms with E-state index in [1.807, 2.05) is 0 Å². The summed E-state index contributed by atoms with van der Waals surface area (Å²) in [5.41, 5.74) is 22.8. The number of anilines is 3. The summed E-state index contributed by atoms with van der Waals surface area (Å²) in [6.07, 6.45) is 10.9. The third-order valence-electron chi connectivity index (χ3n) is 15.7. The minimum absolute atomic E-state index is 0.190. The molecule has 2 saturated carbocycles. The van der Waals surface area contributed by atoms with Crippen LogP contribution in [0.15, 0.2) is 144 Å². The van der Waals surface area contributed by atoms with Gasteiger partial charge in [0.15, 0.2) is 0 Å². The van der Waals surface area contributed by atoms with Gasteiger partial charge < -0.3 is 9.32 Å².